The quantitative estimate of drug-likeness (QED) is 0.636. The molecule has 0 spiro atoms. The molecule has 0 atom stereocenters. The zero-order valence-corrected chi connectivity index (χ0v) is 13.0. The lowest BCUT2D eigenvalue weighted by atomic mass is 9.86. The van der Waals surface area contributed by atoms with Crippen molar-refractivity contribution < 1.29 is 4.39 Å². The van der Waals surface area contributed by atoms with Gasteiger partial charge in [0.1, 0.15) is 5.82 Å². The normalized spacial score (nSPS) is 11.9. The minimum atomic E-state index is -0.139. The smallest absolute Gasteiger partial charge is 0.131 e. The molecular weight excluding hydrogens is 247 g/mol. The topological polar surface area (TPSA) is 0 Å². The van der Waals surface area contributed by atoms with Gasteiger partial charge < -0.3 is 0 Å². The summed E-state index contributed by atoms with van der Waals surface area (Å²) in [5, 5.41) is 0. The van der Waals surface area contributed by atoms with Gasteiger partial charge in [0.15, 0.2) is 0 Å². The van der Waals surface area contributed by atoms with Crippen molar-refractivity contribution in [1.29, 1.82) is 0 Å². The number of benzene rings is 2. The standard InChI is InChI=1S/C19H23F/c1-13(2)15-8-11-17(18(20)12-15)14-6-9-16(10-7-14)19(3,4)5/h6-13H,1-5H3. The van der Waals surface area contributed by atoms with Crippen LogP contribution < -0.4 is 0 Å². The maximum atomic E-state index is 14.2. The van der Waals surface area contributed by atoms with Crippen molar-refractivity contribution in [3.05, 3.63) is 59.4 Å². The molecule has 0 unspecified atom stereocenters. The van der Waals surface area contributed by atoms with Crippen molar-refractivity contribution in [3.8, 4) is 11.1 Å². The van der Waals surface area contributed by atoms with E-state index in [1.807, 2.05) is 24.3 Å². The third-order valence-electron chi connectivity index (χ3n) is 3.72. The average Bonchev–Trinajstić information content (AvgIpc) is 2.37. The first kappa shape index (κ1) is 14.8. The second-order valence-electron chi connectivity index (χ2n) is 6.72. The first-order valence-corrected chi connectivity index (χ1v) is 7.19. The molecule has 0 aliphatic rings. The molecule has 0 aliphatic carbocycles. The van der Waals surface area contributed by atoms with Crippen molar-refractivity contribution in [1.82, 2.24) is 0 Å². The molecule has 0 amide bonds. The average molecular weight is 270 g/mol. The zero-order valence-electron chi connectivity index (χ0n) is 13.0. The minimum Gasteiger partial charge on any atom is -0.206 e. The van der Waals surface area contributed by atoms with E-state index in [2.05, 4.69) is 46.8 Å². The van der Waals surface area contributed by atoms with Crippen molar-refractivity contribution in [2.45, 2.75) is 46.0 Å². The van der Waals surface area contributed by atoms with E-state index in [9.17, 15) is 4.39 Å². The summed E-state index contributed by atoms with van der Waals surface area (Å²) < 4.78 is 14.2. The number of hydrogen-bond donors (Lipinski definition) is 0. The molecule has 0 nitrogen and oxygen atoms in total. The van der Waals surface area contributed by atoms with E-state index in [1.165, 1.54) is 5.56 Å². The Labute approximate surface area is 121 Å². The molecule has 2 aromatic carbocycles. The molecule has 2 rings (SSSR count). The lowest BCUT2D eigenvalue weighted by Gasteiger charge is -2.19. The summed E-state index contributed by atoms with van der Waals surface area (Å²) in [5.74, 6) is 0.210. The fourth-order valence-electron chi connectivity index (χ4n) is 2.27. The van der Waals surface area contributed by atoms with Crippen LogP contribution in [0.15, 0.2) is 42.5 Å². The van der Waals surface area contributed by atoms with Crippen LogP contribution in [0.5, 0.6) is 0 Å². The molecule has 0 aromatic heterocycles. The Balaban J connectivity index is 2.37. The van der Waals surface area contributed by atoms with Crippen LogP contribution in [-0.2, 0) is 5.41 Å². The second kappa shape index (κ2) is 5.40. The third-order valence-corrected chi connectivity index (χ3v) is 3.72. The summed E-state index contributed by atoms with van der Waals surface area (Å²) in [6.45, 7) is 10.7. The molecule has 0 radical (unpaired) electrons. The number of hydrogen-bond acceptors (Lipinski definition) is 0. The molecule has 0 heterocycles. The SMILES string of the molecule is CC(C)c1ccc(-c2ccc(C(C)(C)C)cc2)c(F)c1. The number of halogens is 1. The maximum Gasteiger partial charge on any atom is 0.131 e. The summed E-state index contributed by atoms with van der Waals surface area (Å²) in [6, 6.07) is 13.7. The van der Waals surface area contributed by atoms with Gasteiger partial charge in [-0.25, -0.2) is 4.39 Å². The van der Waals surface area contributed by atoms with E-state index in [0.29, 0.717) is 11.5 Å². The first-order chi connectivity index (χ1) is 9.29. The molecule has 0 fully saturated rings. The Kier molecular flexibility index (Phi) is 3.99. The Bertz CT molecular complexity index is 586. The van der Waals surface area contributed by atoms with E-state index in [4.69, 9.17) is 0 Å². The molecule has 0 aliphatic heterocycles. The summed E-state index contributed by atoms with van der Waals surface area (Å²) >= 11 is 0. The van der Waals surface area contributed by atoms with E-state index in [1.54, 1.807) is 6.07 Å². The van der Waals surface area contributed by atoms with Crippen LogP contribution in [0.4, 0.5) is 4.39 Å². The summed E-state index contributed by atoms with van der Waals surface area (Å²) in [7, 11) is 0. The highest BCUT2D eigenvalue weighted by Gasteiger charge is 2.14. The van der Waals surface area contributed by atoms with Gasteiger partial charge in [-0.2, -0.15) is 0 Å². The molecule has 2 aromatic rings. The lowest BCUT2D eigenvalue weighted by molar-refractivity contribution is 0.590. The van der Waals surface area contributed by atoms with Gasteiger partial charge in [0.2, 0.25) is 0 Å². The van der Waals surface area contributed by atoms with Crippen LogP contribution in [0, 0.1) is 5.82 Å². The van der Waals surface area contributed by atoms with Crippen LogP contribution in [0.1, 0.15) is 51.7 Å². The van der Waals surface area contributed by atoms with E-state index < -0.39 is 0 Å². The molecule has 0 saturated heterocycles. The van der Waals surface area contributed by atoms with Crippen molar-refractivity contribution in [3.63, 3.8) is 0 Å². The van der Waals surface area contributed by atoms with Gasteiger partial charge >= 0.3 is 0 Å². The van der Waals surface area contributed by atoms with Crippen LogP contribution in [-0.4, -0.2) is 0 Å². The zero-order chi connectivity index (χ0) is 14.9. The highest BCUT2D eigenvalue weighted by Crippen LogP contribution is 2.29. The lowest BCUT2D eigenvalue weighted by Crippen LogP contribution is -2.10. The van der Waals surface area contributed by atoms with Gasteiger partial charge in [0.05, 0.1) is 0 Å². The van der Waals surface area contributed by atoms with Crippen LogP contribution in [0.25, 0.3) is 11.1 Å². The van der Waals surface area contributed by atoms with Gasteiger partial charge in [-0.15, -0.1) is 0 Å². The van der Waals surface area contributed by atoms with Gasteiger partial charge in [-0.3, -0.25) is 0 Å². The fourth-order valence-corrected chi connectivity index (χ4v) is 2.27. The summed E-state index contributed by atoms with van der Waals surface area (Å²) in [4.78, 5) is 0. The van der Waals surface area contributed by atoms with Crippen LogP contribution in [0.2, 0.25) is 0 Å². The monoisotopic (exact) mass is 270 g/mol. The summed E-state index contributed by atoms with van der Waals surface area (Å²) in [5.41, 5.74) is 4.04. The maximum absolute atomic E-state index is 14.2. The Hall–Kier alpha value is -1.63. The van der Waals surface area contributed by atoms with Gasteiger partial charge in [-0.1, -0.05) is 71.0 Å². The van der Waals surface area contributed by atoms with Gasteiger partial charge in [-0.05, 0) is 34.1 Å². The summed E-state index contributed by atoms with van der Waals surface area (Å²) in [6.07, 6.45) is 0. The molecule has 1 heteroatoms. The molecular formula is C19H23F. The van der Waals surface area contributed by atoms with Crippen molar-refractivity contribution in [2.24, 2.45) is 0 Å². The first-order valence-electron chi connectivity index (χ1n) is 7.19. The van der Waals surface area contributed by atoms with E-state index >= 15 is 0 Å². The highest BCUT2D eigenvalue weighted by molar-refractivity contribution is 5.65. The van der Waals surface area contributed by atoms with Crippen molar-refractivity contribution in [2.75, 3.05) is 0 Å². The highest BCUT2D eigenvalue weighted by atomic mass is 19.1. The number of rotatable bonds is 2. The Morgan fingerprint density at radius 3 is 1.95 bits per heavy atom. The largest absolute Gasteiger partial charge is 0.206 e. The van der Waals surface area contributed by atoms with E-state index in [0.717, 1.165) is 11.1 Å². The molecule has 106 valence electrons. The van der Waals surface area contributed by atoms with Gasteiger partial charge in [0.25, 0.3) is 0 Å². The van der Waals surface area contributed by atoms with Gasteiger partial charge in [0, 0.05) is 5.56 Å². The predicted molar refractivity (Wildman–Crippen MR) is 84.6 cm³/mol. The molecule has 0 N–H and O–H groups in total. The molecule has 0 bridgehead atoms. The third kappa shape index (κ3) is 3.09. The Morgan fingerprint density at radius 1 is 0.900 bits per heavy atom. The molecule has 20 heavy (non-hydrogen) atoms. The minimum absolute atomic E-state index is 0.124. The molecule has 0 saturated carbocycles. The van der Waals surface area contributed by atoms with Crippen molar-refractivity contribution >= 4 is 0 Å². The van der Waals surface area contributed by atoms with Crippen LogP contribution >= 0.6 is 0 Å². The second-order valence-corrected chi connectivity index (χ2v) is 6.72. The van der Waals surface area contributed by atoms with Crippen LogP contribution in [0.3, 0.4) is 0 Å². The Morgan fingerprint density at radius 2 is 1.50 bits per heavy atom. The predicted octanol–water partition coefficient (Wildman–Crippen LogP) is 5.91. The van der Waals surface area contributed by atoms with E-state index in [-0.39, 0.29) is 11.2 Å². The fraction of sp³-hybridized carbons (Fsp3) is 0.368.